The van der Waals surface area contributed by atoms with Gasteiger partial charge in [-0.25, -0.2) is 9.18 Å². The molecule has 4 nitrogen and oxygen atoms in total. The van der Waals surface area contributed by atoms with Crippen LogP contribution in [-0.2, 0) is 9.53 Å². The number of alkyl halides is 1. The van der Waals surface area contributed by atoms with Crippen LogP contribution in [-0.4, -0.2) is 42.6 Å². The normalized spacial score (nSPS) is 23.2. The van der Waals surface area contributed by atoms with Gasteiger partial charge in [0.1, 0.15) is 0 Å². The number of rotatable bonds is 2. The Morgan fingerprint density at radius 2 is 2.28 bits per heavy atom. The van der Waals surface area contributed by atoms with E-state index in [1.807, 2.05) is 0 Å². The molecule has 1 aliphatic rings. The number of carbonyl (C=O) groups is 2. The van der Waals surface area contributed by atoms with Crippen molar-refractivity contribution in [3.05, 3.63) is 21.3 Å². The summed E-state index contributed by atoms with van der Waals surface area (Å²) in [5.74, 6) is -1.24. The molecule has 1 atom stereocenters. The molecule has 0 N–H and O–H groups in total. The molecule has 0 aliphatic carbocycles. The lowest BCUT2D eigenvalue weighted by molar-refractivity contribution is -0.153. The maximum atomic E-state index is 14.1. The van der Waals surface area contributed by atoms with Gasteiger partial charge >= 0.3 is 5.97 Å². The minimum Gasteiger partial charge on any atom is -0.467 e. The Hall–Kier alpha value is -1.14. The average Bonchev–Trinajstić information content (AvgIpc) is 2.95. The molecule has 1 saturated heterocycles. The summed E-state index contributed by atoms with van der Waals surface area (Å²) in [5.41, 5.74) is -2.09. The molecule has 0 spiro atoms. The Bertz CT molecular complexity index is 492. The SMILES string of the molecule is COC(=O)C1(F)CCN(C(=O)c2ccc(Cl)s2)C1. The maximum absolute atomic E-state index is 14.1. The van der Waals surface area contributed by atoms with Gasteiger partial charge in [-0.1, -0.05) is 11.6 Å². The van der Waals surface area contributed by atoms with Crippen LogP contribution in [0.3, 0.4) is 0 Å². The van der Waals surface area contributed by atoms with E-state index in [1.54, 1.807) is 12.1 Å². The lowest BCUT2D eigenvalue weighted by atomic mass is 10.1. The van der Waals surface area contributed by atoms with Crippen LogP contribution >= 0.6 is 22.9 Å². The predicted molar refractivity (Wildman–Crippen MR) is 65.7 cm³/mol. The third kappa shape index (κ3) is 2.35. The second-order valence-corrected chi connectivity index (χ2v) is 5.75. The molecule has 1 unspecified atom stereocenters. The first-order valence-electron chi connectivity index (χ1n) is 5.28. The summed E-state index contributed by atoms with van der Waals surface area (Å²) < 4.78 is 19.0. The van der Waals surface area contributed by atoms with Crippen LogP contribution in [0, 0.1) is 0 Å². The molecule has 1 fully saturated rings. The Morgan fingerprint density at radius 1 is 1.56 bits per heavy atom. The van der Waals surface area contributed by atoms with Crippen LogP contribution < -0.4 is 0 Å². The summed E-state index contributed by atoms with van der Waals surface area (Å²) in [4.78, 5) is 25.1. The van der Waals surface area contributed by atoms with Crippen molar-refractivity contribution < 1.29 is 18.7 Å². The summed E-state index contributed by atoms with van der Waals surface area (Å²) in [6.07, 6.45) is -0.0372. The van der Waals surface area contributed by atoms with Crippen molar-refractivity contribution in [1.29, 1.82) is 0 Å². The first-order valence-corrected chi connectivity index (χ1v) is 6.48. The van der Waals surface area contributed by atoms with E-state index in [1.165, 1.54) is 4.90 Å². The highest BCUT2D eigenvalue weighted by atomic mass is 35.5. The molecule has 1 aromatic rings. The fourth-order valence-corrected chi connectivity index (χ4v) is 2.89. The molecular weight excluding hydrogens is 281 g/mol. The largest absolute Gasteiger partial charge is 0.467 e. The van der Waals surface area contributed by atoms with Crippen LogP contribution in [0.25, 0.3) is 0 Å². The van der Waals surface area contributed by atoms with Gasteiger partial charge in [0, 0.05) is 13.0 Å². The van der Waals surface area contributed by atoms with Crippen molar-refractivity contribution in [2.45, 2.75) is 12.1 Å². The topological polar surface area (TPSA) is 46.6 Å². The molecule has 1 amide bonds. The van der Waals surface area contributed by atoms with E-state index in [0.717, 1.165) is 18.4 Å². The molecule has 1 aromatic heterocycles. The average molecular weight is 292 g/mol. The number of hydrogen-bond donors (Lipinski definition) is 0. The number of esters is 1. The van der Waals surface area contributed by atoms with Crippen LogP contribution in [0.15, 0.2) is 12.1 Å². The maximum Gasteiger partial charge on any atom is 0.345 e. The summed E-state index contributed by atoms with van der Waals surface area (Å²) in [7, 11) is 1.13. The predicted octanol–water partition coefficient (Wildman–Crippen LogP) is 2.13. The zero-order valence-electron chi connectivity index (χ0n) is 9.61. The lowest BCUT2D eigenvalue weighted by Gasteiger charge is -2.18. The summed E-state index contributed by atoms with van der Waals surface area (Å²) in [6, 6.07) is 3.20. The molecule has 0 bridgehead atoms. The fourth-order valence-electron chi connectivity index (χ4n) is 1.88. The van der Waals surface area contributed by atoms with E-state index in [0.29, 0.717) is 9.21 Å². The number of likely N-dealkylation sites (tertiary alicyclic amines) is 1. The fraction of sp³-hybridized carbons (Fsp3) is 0.455. The van der Waals surface area contributed by atoms with E-state index >= 15 is 0 Å². The van der Waals surface area contributed by atoms with E-state index in [2.05, 4.69) is 4.74 Å². The number of methoxy groups -OCH3 is 1. The summed E-state index contributed by atoms with van der Waals surface area (Å²) in [6.45, 7) is -0.0754. The Morgan fingerprint density at radius 3 is 2.83 bits per heavy atom. The molecule has 2 heterocycles. The molecular formula is C11H11ClFNO3S. The van der Waals surface area contributed by atoms with E-state index in [-0.39, 0.29) is 25.4 Å². The molecule has 0 aromatic carbocycles. The Kier molecular flexibility index (Phi) is 3.59. The molecule has 0 radical (unpaired) electrons. The van der Waals surface area contributed by atoms with Gasteiger partial charge in [-0.05, 0) is 12.1 Å². The highest BCUT2D eigenvalue weighted by Gasteiger charge is 2.47. The van der Waals surface area contributed by atoms with Crippen LogP contribution in [0.5, 0.6) is 0 Å². The first kappa shape index (κ1) is 13.3. The minimum absolute atomic E-state index is 0.0372. The molecule has 18 heavy (non-hydrogen) atoms. The third-order valence-electron chi connectivity index (χ3n) is 2.84. The molecule has 1 aliphatic heterocycles. The zero-order chi connectivity index (χ0) is 13.3. The highest BCUT2D eigenvalue weighted by Crippen LogP contribution is 2.30. The number of ether oxygens (including phenoxy) is 1. The van der Waals surface area contributed by atoms with E-state index in [9.17, 15) is 14.0 Å². The number of amides is 1. The van der Waals surface area contributed by atoms with Gasteiger partial charge in [0.15, 0.2) is 0 Å². The smallest absolute Gasteiger partial charge is 0.345 e. The van der Waals surface area contributed by atoms with Crippen molar-refractivity contribution in [1.82, 2.24) is 4.90 Å². The quantitative estimate of drug-likeness (QED) is 0.784. The van der Waals surface area contributed by atoms with Crippen LogP contribution in [0.4, 0.5) is 4.39 Å². The van der Waals surface area contributed by atoms with Gasteiger partial charge in [0.25, 0.3) is 5.91 Å². The molecule has 0 saturated carbocycles. The zero-order valence-corrected chi connectivity index (χ0v) is 11.2. The summed E-state index contributed by atoms with van der Waals surface area (Å²) >= 11 is 6.87. The minimum atomic E-state index is -2.09. The van der Waals surface area contributed by atoms with Crippen molar-refractivity contribution in [2.24, 2.45) is 0 Å². The lowest BCUT2D eigenvalue weighted by Crippen LogP contribution is -2.39. The highest BCUT2D eigenvalue weighted by molar-refractivity contribution is 7.17. The van der Waals surface area contributed by atoms with Gasteiger partial charge in [0.2, 0.25) is 5.67 Å². The van der Waals surface area contributed by atoms with Crippen molar-refractivity contribution >= 4 is 34.8 Å². The summed E-state index contributed by atoms with van der Waals surface area (Å²) in [5, 5.41) is 0. The second-order valence-electron chi connectivity index (χ2n) is 4.04. The number of halogens is 2. The standard InChI is InChI=1S/C11H11ClFNO3S/c1-17-10(16)11(13)4-5-14(6-11)9(15)7-2-3-8(12)18-7/h2-3H,4-6H2,1H3. The molecule has 2 rings (SSSR count). The van der Waals surface area contributed by atoms with Gasteiger partial charge in [-0.2, -0.15) is 0 Å². The Balaban J connectivity index is 2.09. The number of thiophene rings is 1. The second kappa shape index (κ2) is 4.85. The van der Waals surface area contributed by atoms with Crippen molar-refractivity contribution in [3.63, 3.8) is 0 Å². The number of hydrogen-bond acceptors (Lipinski definition) is 4. The number of nitrogens with zero attached hydrogens (tertiary/aromatic N) is 1. The Labute approximate surface area is 112 Å². The monoisotopic (exact) mass is 291 g/mol. The van der Waals surface area contributed by atoms with Gasteiger partial charge < -0.3 is 9.64 Å². The first-order chi connectivity index (χ1) is 8.46. The van der Waals surface area contributed by atoms with Crippen molar-refractivity contribution in [2.75, 3.05) is 20.2 Å². The van der Waals surface area contributed by atoms with Gasteiger partial charge in [-0.15, -0.1) is 11.3 Å². The van der Waals surface area contributed by atoms with E-state index in [4.69, 9.17) is 11.6 Å². The third-order valence-corrected chi connectivity index (χ3v) is 4.06. The van der Waals surface area contributed by atoms with Crippen LogP contribution in [0.2, 0.25) is 4.34 Å². The number of carbonyl (C=O) groups excluding carboxylic acids is 2. The molecule has 7 heteroatoms. The van der Waals surface area contributed by atoms with Gasteiger partial charge in [0.05, 0.1) is 22.9 Å². The van der Waals surface area contributed by atoms with E-state index < -0.39 is 11.6 Å². The van der Waals surface area contributed by atoms with Crippen molar-refractivity contribution in [3.8, 4) is 0 Å². The van der Waals surface area contributed by atoms with Crippen LogP contribution in [0.1, 0.15) is 16.1 Å². The molecule has 98 valence electrons. The van der Waals surface area contributed by atoms with Gasteiger partial charge in [-0.3, -0.25) is 4.79 Å².